The van der Waals surface area contributed by atoms with E-state index in [2.05, 4.69) is 53.5 Å². The molecule has 0 fully saturated rings. The van der Waals surface area contributed by atoms with Gasteiger partial charge in [-0.15, -0.1) is 0 Å². The van der Waals surface area contributed by atoms with Crippen LogP contribution in [0.25, 0.3) is 22.2 Å². The number of halogens is 3. The smallest absolute Gasteiger partial charge is 0.370 e. The molecule has 31 heavy (non-hydrogen) atoms. The van der Waals surface area contributed by atoms with Crippen molar-refractivity contribution in [3.8, 4) is 11.3 Å². The molecular formula is C25H23F3N2O. The summed E-state index contributed by atoms with van der Waals surface area (Å²) < 4.78 is 36.6. The first-order valence-corrected chi connectivity index (χ1v) is 9.90. The third kappa shape index (κ3) is 6.47. The van der Waals surface area contributed by atoms with Crippen molar-refractivity contribution in [2.75, 3.05) is 0 Å². The Morgan fingerprint density at radius 2 is 1.52 bits per heavy atom. The van der Waals surface area contributed by atoms with Crippen LogP contribution in [0.15, 0.2) is 84.9 Å². The predicted octanol–water partition coefficient (Wildman–Crippen LogP) is 6.35. The quantitative estimate of drug-likeness (QED) is 0.385. The van der Waals surface area contributed by atoms with Crippen molar-refractivity contribution in [3.63, 3.8) is 0 Å². The number of carbonyl (C=O) groups excluding carboxylic acids is 1. The second kappa shape index (κ2) is 9.98. The molecule has 6 heteroatoms. The highest BCUT2D eigenvalue weighted by Crippen LogP contribution is 2.29. The van der Waals surface area contributed by atoms with E-state index < -0.39 is 17.6 Å². The summed E-state index contributed by atoms with van der Waals surface area (Å²) in [6, 6.07) is 25.8. The number of para-hydroxylation sites is 1. The van der Waals surface area contributed by atoms with Gasteiger partial charge >= 0.3 is 6.18 Å². The van der Waals surface area contributed by atoms with Gasteiger partial charge in [-0.2, -0.15) is 13.2 Å². The van der Waals surface area contributed by atoms with Crippen LogP contribution in [0.2, 0.25) is 0 Å². The van der Waals surface area contributed by atoms with E-state index >= 15 is 0 Å². The number of nitrogens with one attached hydrogen (secondary N) is 1. The molecule has 0 aliphatic carbocycles. The van der Waals surface area contributed by atoms with Crippen LogP contribution in [-0.4, -0.2) is 10.9 Å². The number of aryl methyl sites for hydroxylation is 1. The minimum absolute atomic E-state index is 0.251. The first kappa shape index (κ1) is 22.2. The SMILES string of the molecule is NC(=O)CCCc1ccc(C(F)(F)F)cc1.c1ccc(-c2cc3ccccc3[nH]2)cc1. The van der Waals surface area contributed by atoms with Crippen LogP contribution < -0.4 is 5.73 Å². The molecule has 160 valence electrons. The molecule has 0 aliphatic rings. The second-order valence-electron chi connectivity index (χ2n) is 7.15. The molecule has 3 aromatic carbocycles. The molecule has 4 rings (SSSR count). The number of benzene rings is 3. The van der Waals surface area contributed by atoms with Crippen molar-refractivity contribution in [1.29, 1.82) is 0 Å². The molecule has 0 saturated heterocycles. The minimum Gasteiger partial charge on any atom is -0.370 e. The number of aromatic amines is 1. The Labute approximate surface area is 178 Å². The third-order valence-corrected chi connectivity index (χ3v) is 4.78. The molecule has 0 unspecified atom stereocenters. The first-order chi connectivity index (χ1) is 14.8. The molecule has 4 aromatic rings. The number of fused-ring (bicyclic) bond motifs is 1. The lowest BCUT2D eigenvalue weighted by Gasteiger charge is -2.07. The Bertz CT molecular complexity index is 1080. The van der Waals surface area contributed by atoms with E-state index in [9.17, 15) is 18.0 Å². The Morgan fingerprint density at radius 3 is 2.13 bits per heavy atom. The molecule has 0 radical (unpaired) electrons. The van der Waals surface area contributed by atoms with E-state index in [1.807, 2.05) is 12.1 Å². The number of H-pyrrole nitrogens is 1. The summed E-state index contributed by atoms with van der Waals surface area (Å²) in [6.07, 6.45) is -2.94. The molecule has 1 amide bonds. The highest BCUT2D eigenvalue weighted by Gasteiger charge is 2.29. The van der Waals surface area contributed by atoms with Crippen molar-refractivity contribution in [3.05, 3.63) is 96.1 Å². The Kier molecular flexibility index (Phi) is 7.13. The van der Waals surface area contributed by atoms with Crippen LogP contribution in [0.3, 0.4) is 0 Å². The number of amides is 1. The summed E-state index contributed by atoms with van der Waals surface area (Å²) in [4.78, 5) is 13.9. The van der Waals surface area contributed by atoms with Crippen molar-refractivity contribution in [2.24, 2.45) is 5.73 Å². The Hall–Kier alpha value is -3.54. The summed E-state index contributed by atoms with van der Waals surface area (Å²) in [7, 11) is 0. The van der Waals surface area contributed by atoms with Crippen molar-refractivity contribution < 1.29 is 18.0 Å². The van der Waals surface area contributed by atoms with Crippen LogP contribution in [0, 0.1) is 0 Å². The fraction of sp³-hybridized carbons (Fsp3) is 0.160. The van der Waals surface area contributed by atoms with Gasteiger partial charge in [-0.1, -0.05) is 60.7 Å². The van der Waals surface area contributed by atoms with Gasteiger partial charge in [0.15, 0.2) is 0 Å². The maximum Gasteiger partial charge on any atom is 0.416 e. The van der Waals surface area contributed by atoms with Crippen molar-refractivity contribution in [2.45, 2.75) is 25.4 Å². The van der Waals surface area contributed by atoms with E-state index in [0.29, 0.717) is 12.8 Å². The summed E-state index contributed by atoms with van der Waals surface area (Å²) in [5, 5.41) is 1.26. The maximum atomic E-state index is 12.2. The minimum atomic E-state index is -4.30. The Balaban J connectivity index is 0.000000176. The summed E-state index contributed by atoms with van der Waals surface area (Å²) in [6.45, 7) is 0. The zero-order valence-electron chi connectivity index (χ0n) is 16.8. The number of carbonyl (C=O) groups is 1. The number of hydrogen-bond donors (Lipinski definition) is 2. The first-order valence-electron chi connectivity index (χ1n) is 9.90. The van der Waals surface area contributed by atoms with Gasteiger partial charge in [-0.05, 0) is 48.2 Å². The molecular weight excluding hydrogens is 401 g/mol. The van der Waals surface area contributed by atoms with Crippen LogP contribution in [-0.2, 0) is 17.4 Å². The maximum absolute atomic E-state index is 12.2. The molecule has 0 saturated carbocycles. The normalized spacial score (nSPS) is 11.1. The van der Waals surface area contributed by atoms with Gasteiger partial charge < -0.3 is 10.7 Å². The highest BCUT2D eigenvalue weighted by molar-refractivity contribution is 5.85. The monoisotopic (exact) mass is 424 g/mol. The standard InChI is InChI=1S/C14H11N.C11H12F3NO/c1-2-6-11(7-3-1)14-10-12-8-4-5-9-13(12)15-14;12-11(13,14)9-6-4-8(5-7-9)2-1-3-10(15)16/h1-10,15H;4-7H,1-3H2,(H2,15,16). The van der Waals surface area contributed by atoms with E-state index in [1.54, 1.807) is 0 Å². The summed E-state index contributed by atoms with van der Waals surface area (Å²) >= 11 is 0. The largest absolute Gasteiger partial charge is 0.416 e. The second-order valence-corrected chi connectivity index (χ2v) is 7.15. The summed E-state index contributed by atoms with van der Waals surface area (Å²) in [5.74, 6) is -0.396. The average Bonchev–Trinajstić information content (AvgIpc) is 3.19. The zero-order chi connectivity index (χ0) is 22.3. The van der Waals surface area contributed by atoms with Crippen LogP contribution in [0.4, 0.5) is 13.2 Å². The van der Waals surface area contributed by atoms with E-state index in [0.717, 1.165) is 17.7 Å². The molecule has 0 bridgehead atoms. The number of aromatic nitrogens is 1. The highest BCUT2D eigenvalue weighted by atomic mass is 19.4. The van der Waals surface area contributed by atoms with Crippen LogP contribution >= 0.6 is 0 Å². The lowest BCUT2D eigenvalue weighted by molar-refractivity contribution is -0.137. The van der Waals surface area contributed by atoms with Gasteiger partial charge in [0.05, 0.1) is 5.56 Å². The Morgan fingerprint density at radius 1 is 0.871 bits per heavy atom. The number of primary amides is 1. The van der Waals surface area contributed by atoms with Crippen LogP contribution in [0.1, 0.15) is 24.0 Å². The number of nitrogens with two attached hydrogens (primary N) is 1. The zero-order valence-corrected chi connectivity index (χ0v) is 16.8. The topological polar surface area (TPSA) is 58.9 Å². The molecule has 3 N–H and O–H groups in total. The number of alkyl halides is 3. The predicted molar refractivity (Wildman–Crippen MR) is 117 cm³/mol. The number of hydrogen-bond acceptors (Lipinski definition) is 1. The average molecular weight is 424 g/mol. The van der Waals surface area contributed by atoms with Crippen molar-refractivity contribution in [1.82, 2.24) is 4.98 Å². The lowest BCUT2D eigenvalue weighted by atomic mass is 10.1. The molecule has 1 aromatic heterocycles. The van der Waals surface area contributed by atoms with Gasteiger partial charge in [0.25, 0.3) is 0 Å². The fourth-order valence-electron chi connectivity index (χ4n) is 3.17. The number of rotatable bonds is 5. The lowest BCUT2D eigenvalue weighted by Crippen LogP contribution is -2.10. The molecule has 0 atom stereocenters. The molecule has 1 heterocycles. The summed E-state index contributed by atoms with van der Waals surface area (Å²) in [5.41, 5.74) is 8.66. The van der Waals surface area contributed by atoms with E-state index in [1.165, 1.54) is 34.3 Å². The van der Waals surface area contributed by atoms with Gasteiger partial charge in [0.2, 0.25) is 5.91 Å². The van der Waals surface area contributed by atoms with Gasteiger partial charge in [0, 0.05) is 23.0 Å². The third-order valence-electron chi connectivity index (χ3n) is 4.78. The van der Waals surface area contributed by atoms with Gasteiger partial charge in [-0.25, -0.2) is 0 Å². The van der Waals surface area contributed by atoms with Gasteiger partial charge in [0.1, 0.15) is 0 Å². The van der Waals surface area contributed by atoms with E-state index in [4.69, 9.17) is 5.73 Å². The molecule has 3 nitrogen and oxygen atoms in total. The van der Waals surface area contributed by atoms with E-state index in [-0.39, 0.29) is 6.42 Å². The van der Waals surface area contributed by atoms with Crippen LogP contribution in [0.5, 0.6) is 0 Å². The molecule has 0 spiro atoms. The van der Waals surface area contributed by atoms with Crippen molar-refractivity contribution >= 4 is 16.8 Å². The molecule has 0 aliphatic heterocycles. The van der Waals surface area contributed by atoms with Gasteiger partial charge in [-0.3, -0.25) is 4.79 Å². The fourth-order valence-corrected chi connectivity index (χ4v) is 3.17.